The standard InChI is InChI=1S/C10H14ClNS/c1-12-6-9-10(11)7-4-2-3-5-8(7)13-9/h12H,2-6H2,1H3. The van der Waals surface area contributed by atoms with Crippen molar-refractivity contribution in [2.24, 2.45) is 0 Å². The summed E-state index contributed by atoms with van der Waals surface area (Å²) in [5.74, 6) is 0. The molecule has 1 heterocycles. The zero-order chi connectivity index (χ0) is 9.26. The van der Waals surface area contributed by atoms with Gasteiger partial charge in [0.25, 0.3) is 0 Å². The van der Waals surface area contributed by atoms with Crippen molar-refractivity contribution in [3.63, 3.8) is 0 Å². The van der Waals surface area contributed by atoms with E-state index in [1.807, 2.05) is 18.4 Å². The smallest absolute Gasteiger partial charge is 0.0593 e. The van der Waals surface area contributed by atoms with Gasteiger partial charge in [-0.15, -0.1) is 11.3 Å². The van der Waals surface area contributed by atoms with Crippen LogP contribution in [0.15, 0.2) is 0 Å². The summed E-state index contributed by atoms with van der Waals surface area (Å²) in [6.07, 6.45) is 5.07. The molecule has 0 bridgehead atoms. The second-order valence-electron chi connectivity index (χ2n) is 3.48. The molecule has 1 aliphatic rings. The molecule has 0 radical (unpaired) electrons. The van der Waals surface area contributed by atoms with Gasteiger partial charge in [0.05, 0.1) is 5.02 Å². The maximum Gasteiger partial charge on any atom is 0.0593 e. The Morgan fingerprint density at radius 2 is 2.15 bits per heavy atom. The highest BCUT2D eigenvalue weighted by molar-refractivity contribution is 7.12. The van der Waals surface area contributed by atoms with Gasteiger partial charge in [0.15, 0.2) is 0 Å². The van der Waals surface area contributed by atoms with E-state index in [9.17, 15) is 0 Å². The maximum atomic E-state index is 6.29. The average molecular weight is 216 g/mol. The third-order valence-corrected chi connectivity index (χ3v) is 4.37. The largest absolute Gasteiger partial charge is 0.315 e. The number of hydrogen-bond donors (Lipinski definition) is 1. The van der Waals surface area contributed by atoms with E-state index in [2.05, 4.69) is 5.32 Å². The monoisotopic (exact) mass is 215 g/mol. The summed E-state index contributed by atoms with van der Waals surface area (Å²) < 4.78 is 0. The summed E-state index contributed by atoms with van der Waals surface area (Å²) in [4.78, 5) is 2.84. The lowest BCUT2D eigenvalue weighted by Gasteiger charge is -2.09. The number of halogens is 1. The summed E-state index contributed by atoms with van der Waals surface area (Å²) in [6, 6.07) is 0. The SMILES string of the molecule is CNCc1sc2c(c1Cl)CCCC2. The summed E-state index contributed by atoms with van der Waals surface area (Å²) in [5, 5.41) is 4.20. The summed E-state index contributed by atoms with van der Waals surface area (Å²) in [6.45, 7) is 0.913. The van der Waals surface area contributed by atoms with Crippen molar-refractivity contribution in [3.05, 3.63) is 20.3 Å². The quantitative estimate of drug-likeness (QED) is 0.800. The molecule has 1 N–H and O–H groups in total. The number of fused-ring (bicyclic) bond motifs is 1. The van der Waals surface area contributed by atoms with Gasteiger partial charge >= 0.3 is 0 Å². The molecule has 0 fully saturated rings. The van der Waals surface area contributed by atoms with Gasteiger partial charge in [-0.2, -0.15) is 0 Å². The van der Waals surface area contributed by atoms with Gasteiger partial charge < -0.3 is 5.32 Å². The predicted octanol–water partition coefficient (Wildman–Crippen LogP) is 3.00. The van der Waals surface area contributed by atoms with Crippen LogP contribution < -0.4 is 5.32 Å². The van der Waals surface area contributed by atoms with Crippen LogP contribution in [-0.4, -0.2) is 7.05 Å². The van der Waals surface area contributed by atoms with Crippen LogP contribution in [0.2, 0.25) is 5.02 Å². The van der Waals surface area contributed by atoms with Crippen molar-refractivity contribution in [2.45, 2.75) is 32.2 Å². The molecule has 13 heavy (non-hydrogen) atoms. The molecule has 1 aromatic rings. The normalized spacial score (nSPS) is 15.8. The van der Waals surface area contributed by atoms with Crippen molar-refractivity contribution in [1.82, 2.24) is 5.32 Å². The summed E-state index contributed by atoms with van der Waals surface area (Å²) in [5.41, 5.74) is 1.43. The summed E-state index contributed by atoms with van der Waals surface area (Å²) in [7, 11) is 1.97. The Hall–Kier alpha value is -0.0500. The van der Waals surface area contributed by atoms with Crippen LogP contribution in [0.3, 0.4) is 0 Å². The Bertz CT molecular complexity index is 306. The molecule has 0 atom stereocenters. The van der Waals surface area contributed by atoms with E-state index in [4.69, 9.17) is 11.6 Å². The minimum Gasteiger partial charge on any atom is -0.315 e. The van der Waals surface area contributed by atoms with E-state index in [1.54, 1.807) is 0 Å². The number of aryl methyl sites for hydroxylation is 1. The van der Waals surface area contributed by atoms with Crippen LogP contribution in [0.5, 0.6) is 0 Å². The van der Waals surface area contributed by atoms with Crippen molar-refractivity contribution in [3.8, 4) is 0 Å². The molecule has 0 aliphatic heterocycles. The van der Waals surface area contributed by atoms with Crippen LogP contribution in [0.1, 0.15) is 28.2 Å². The van der Waals surface area contributed by atoms with Crippen molar-refractivity contribution < 1.29 is 0 Å². The van der Waals surface area contributed by atoms with Gasteiger partial charge in [-0.05, 0) is 38.3 Å². The minimum atomic E-state index is 0.913. The lowest BCUT2D eigenvalue weighted by molar-refractivity contribution is 0.697. The van der Waals surface area contributed by atoms with Gasteiger partial charge in [0, 0.05) is 16.3 Å². The summed E-state index contributed by atoms with van der Waals surface area (Å²) >= 11 is 8.18. The minimum absolute atomic E-state index is 0.913. The Balaban J connectivity index is 2.33. The molecule has 1 aliphatic carbocycles. The first kappa shape index (κ1) is 9.50. The Labute approximate surface area is 88.1 Å². The first-order chi connectivity index (χ1) is 6.33. The van der Waals surface area contributed by atoms with Crippen LogP contribution >= 0.6 is 22.9 Å². The van der Waals surface area contributed by atoms with E-state index in [1.165, 1.54) is 41.0 Å². The Morgan fingerprint density at radius 3 is 2.85 bits per heavy atom. The van der Waals surface area contributed by atoms with Crippen LogP contribution in [0.25, 0.3) is 0 Å². The van der Waals surface area contributed by atoms with E-state index in [0.717, 1.165) is 11.6 Å². The van der Waals surface area contributed by atoms with Gasteiger partial charge in [-0.3, -0.25) is 0 Å². The van der Waals surface area contributed by atoms with E-state index in [0.29, 0.717) is 0 Å². The number of thiophene rings is 1. The van der Waals surface area contributed by atoms with Gasteiger partial charge in [-0.1, -0.05) is 11.6 Å². The van der Waals surface area contributed by atoms with E-state index in [-0.39, 0.29) is 0 Å². The molecule has 0 saturated heterocycles. The molecule has 1 nitrogen and oxygen atoms in total. The Kier molecular flexibility index (Phi) is 2.92. The molecule has 2 rings (SSSR count). The molecule has 0 spiro atoms. The number of hydrogen-bond acceptors (Lipinski definition) is 2. The highest BCUT2D eigenvalue weighted by atomic mass is 35.5. The molecule has 0 aromatic carbocycles. The predicted molar refractivity (Wildman–Crippen MR) is 58.7 cm³/mol. The van der Waals surface area contributed by atoms with Crippen LogP contribution in [0, 0.1) is 0 Å². The van der Waals surface area contributed by atoms with Crippen molar-refractivity contribution in [1.29, 1.82) is 0 Å². The molecule has 0 saturated carbocycles. The molecule has 3 heteroatoms. The average Bonchev–Trinajstić information content (AvgIpc) is 2.46. The fourth-order valence-corrected chi connectivity index (χ4v) is 3.61. The highest BCUT2D eigenvalue weighted by Crippen LogP contribution is 2.37. The zero-order valence-corrected chi connectivity index (χ0v) is 9.39. The highest BCUT2D eigenvalue weighted by Gasteiger charge is 2.18. The van der Waals surface area contributed by atoms with E-state index >= 15 is 0 Å². The van der Waals surface area contributed by atoms with Gasteiger partial charge in [-0.25, -0.2) is 0 Å². The molecule has 72 valence electrons. The number of nitrogens with one attached hydrogen (secondary N) is 1. The molecule has 0 unspecified atom stereocenters. The Morgan fingerprint density at radius 1 is 1.38 bits per heavy atom. The fourth-order valence-electron chi connectivity index (χ4n) is 1.86. The topological polar surface area (TPSA) is 12.0 Å². The molecular weight excluding hydrogens is 202 g/mol. The molecule has 0 amide bonds. The third-order valence-electron chi connectivity index (χ3n) is 2.51. The second-order valence-corrected chi connectivity index (χ2v) is 5.05. The first-order valence-corrected chi connectivity index (χ1v) is 5.96. The number of rotatable bonds is 2. The third kappa shape index (κ3) is 1.76. The maximum absolute atomic E-state index is 6.29. The lowest BCUT2D eigenvalue weighted by Crippen LogP contribution is -2.03. The van der Waals surface area contributed by atoms with Gasteiger partial charge in [0.2, 0.25) is 0 Å². The second kappa shape index (κ2) is 3.99. The van der Waals surface area contributed by atoms with Crippen LogP contribution in [0.4, 0.5) is 0 Å². The molecular formula is C10H14ClNS. The zero-order valence-electron chi connectivity index (χ0n) is 7.82. The first-order valence-electron chi connectivity index (χ1n) is 4.76. The lowest BCUT2D eigenvalue weighted by atomic mass is 9.99. The van der Waals surface area contributed by atoms with Crippen molar-refractivity contribution in [2.75, 3.05) is 7.05 Å². The van der Waals surface area contributed by atoms with Crippen molar-refractivity contribution >= 4 is 22.9 Å². The van der Waals surface area contributed by atoms with Gasteiger partial charge in [0.1, 0.15) is 0 Å². The van der Waals surface area contributed by atoms with Crippen LogP contribution in [-0.2, 0) is 19.4 Å². The van der Waals surface area contributed by atoms with E-state index < -0.39 is 0 Å². The fraction of sp³-hybridized carbons (Fsp3) is 0.600. The molecule has 1 aromatic heterocycles.